The first-order valence-corrected chi connectivity index (χ1v) is 13.3. The third-order valence-corrected chi connectivity index (χ3v) is 6.33. The van der Waals surface area contributed by atoms with E-state index in [9.17, 15) is 19.5 Å². The Kier molecular flexibility index (Phi) is 10.5. The Labute approximate surface area is 238 Å². The normalized spacial score (nSPS) is 12.0. The number of hydrogen-bond donors (Lipinski definition) is 3. The van der Waals surface area contributed by atoms with Crippen molar-refractivity contribution in [3.8, 4) is 5.75 Å². The van der Waals surface area contributed by atoms with Gasteiger partial charge in [0.2, 0.25) is 5.91 Å². The topological polar surface area (TPSA) is 114 Å². The molecule has 0 saturated carbocycles. The number of aliphatic carboxylic acids is 1. The van der Waals surface area contributed by atoms with Gasteiger partial charge >= 0.3 is 12.1 Å². The summed E-state index contributed by atoms with van der Waals surface area (Å²) >= 11 is 0. The third kappa shape index (κ3) is 9.54. The van der Waals surface area contributed by atoms with Crippen LogP contribution >= 0.6 is 0 Å². The van der Waals surface area contributed by atoms with Crippen molar-refractivity contribution in [1.82, 2.24) is 10.6 Å². The maximum absolute atomic E-state index is 13.3. The first kappa shape index (κ1) is 28.9. The van der Waals surface area contributed by atoms with Crippen LogP contribution < -0.4 is 15.4 Å². The van der Waals surface area contributed by atoms with E-state index in [-0.39, 0.29) is 19.4 Å². The van der Waals surface area contributed by atoms with E-state index >= 15 is 0 Å². The zero-order valence-corrected chi connectivity index (χ0v) is 22.4. The maximum atomic E-state index is 13.3. The van der Waals surface area contributed by atoms with Gasteiger partial charge in [-0.3, -0.25) is 4.79 Å². The van der Waals surface area contributed by atoms with Gasteiger partial charge in [-0.15, -0.1) is 0 Å². The van der Waals surface area contributed by atoms with Crippen molar-refractivity contribution in [2.24, 2.45) is 0 Å². The number of hydrogen-bond acceptors (Lipinski definition) is 5. The predicted octanol–water partition coefficient (Wildman–Crippen LogP) is 4.92. The Morgan fingerprint density at radius 2 is 1.07 bits per heavy atom. The van der Waals surface area contributed by atoms with Gasteiger partial charge in [0.1, 0.15) is 31.0 Å². The second kappa shape index (κ2) is 14.9. The molecule has 3 N–H and O–H groups in total. The number of ether oxygens (including phenoxy) is 2. The molecule has 0 aliphatic rings. The van der Waals surface area contributed by atoms with Crippen molar-refractivity contribution >= 4 is 18.0 Å². The number of alkyl carbamates (subject to hydrolysis) is 1. The van der Waals surface area contributed by atoms with Crippen LogP contribution in [0.25, 0.3) is 0 Å². The molecule has 0 saturated heterocycles. The molecule has 8 nitrogen and oxygen atoms in total. The quantitative estimate of drug-likeness (QED) is 0.217. The Morgan fingerprint density at radius 1 is 0.585 bits per heavy atom. The van der Waals surface area contributed by atoms with Gasteiger partial charge < -0.3 is 25.2 Å². The summed E-state index contributed by atoms with van der Waals surface area (Å²) in [6.07, 6.45) is -0.563. The molecule has 4 aromatic rings. The highest BCUT2D eigenvalue weighted by Crippen LogP contribution is 2.16. The zero-order chi connectivity index (χ0) is 28.9. The number of carbonyl (C=O) groups is 3. The minimum atomic E-state index is -1.21. The van der Waals surface area contributed by atoms with E-state index in [1.54, 1.807) is 24.3 Å². The third-order valence-electron chi connectivity index (χ3n) is 6.33. The van der Waals surface area contributed by atoms with Gasteiger partial charge in [0.15, 0.2) is 0 Å². The summed E-state index contributed by atoms with van der Waals surface area (Å²) in [6.45, 7) is 0.451. The standard InChI is InChI=1S/C33H32N2O6/c36-31(29(20-24-10-4-1-5-11-24)35-33(39)41-23-27-14-8-3-9-15-27)34-30(32(37)38)21-25-16-18-28(19-17-25)40-22-26-12-6-2-7-13-26/h1-19,29-30H,20-23H2,(H,34,36)(H,35,39)(H,37,38)/t29-,30-/m0/s1. The Balaban J connectivity index is 1.37. The van der Waals surface area contributed by atoms with E-state index in [2.05, 4.69) is 10.6 Å². The van der Waals surface area contributed by atoms with Crippen LogP contribution in [0.1, 0.15) is 22.3 Å². The molecule has 8 heteroatoms. The molecule has 0 aromatic heterocycles. The smallest absolute Gasteiger partial charge is 0.408 e. The lowest BCUT2D eigenvalue weighted by atomic mass is 10.0. The summed E-state index contributed by atoms with van der Waals surface area (Å²) in [4.78, 5) is 37.9. The van der Waals surface area contributed by atoms with Crippen LogP contribution in [0.4, 0.5) is 4.79 Å². The second-order valence-electron chi connectivity index (χ2n) is 9.47. The number of nitrogens with one attached hydrogen (secondary N) is 2. The molecule has 0 aliphatic heterocycles. The van der Waals surface area contributed by atoms with Gasteiger partial charge in [0, 0.05) is 12.8 Å². The molecule has 4 rings (SSSR count). The van der Waals surface area contributed by atoms with Gasteiger partial charge in [0.25, 0.3) is 0 Å². The highest BCUT2D eigenvalue weighted by molar-refractivity contribution is 5.89. The molecule has 2 amide bonds. The maximum Gasteiger partial charge on any atom is 0.408 e. The molecule has 0 heterocycles. The Bertz CT molecular complexity index is 1400. The van der Waals surface area contributed by atoms with Crippen molar-refractivity contribution in [2.45, 2.75) is 38.1 Å². The van der Waals surface area contributed by atoms with Crippen LogP contribution in [0.3, 0.4) is 0 Å². The molecule has 0 aliphatic carbocycles. The molecular formula is C33H32N2O6. The SMILES string of the molecule is O=C(N[C@@H](Cc1ccccc1)C(=O)N[C@@H](Cc1ccc(OCc2ccccc2)cc1)C(=O)O)OCc1ccccc1. The molecule has 210 valence electrons. The van der Waals surface area contributed by atoms with Crippen LogP contribution in [0.15, 0.2) is 115 Å². The number of rotatable bonds is 13. The van der Waals surface area contributed by atoms with Crippen molar-refractivity contribution in [1.29, 1.82) is 0 Å². The van der Waals surface area contributed by atoms with Crippen LogP contribution in [0.2, 0.25) is 0 Å². The summed E-state index contributed by atoms with van der Waals surface area (Å²) in [6, 6.07) is 32.9. The Hall–Kier alpha value is -5.11. The van der Waals surface area contributed by atoms with Crippen LogP contribution in [-0.4, -0.2) is 35.2 Å². The van der Waals surface area contributed by atoms with E-state index in [0.29, 0.717) is 17.9 Å². The summed E-state index contributed by atoms with van der Waals surface area (Å²) in [5.41, 5.74) is 3.34. The lowest BCUT2D eigenvalue weighted by molar-refractivity contribution is -0.142. The highest BCUT2D eigenvalue weighted by Gasteiger charge is 2.27. The largest absolute Gasteiger partial charge is 0.489 e. The van der Waals surface area contributed by atoms with Gasteiger partial charge in [-0.1, -0.05) is 103 Å². The molecule has 0 unspecified atom stereocenters. The average Bonchev–Trinajstić information content (AvgIpc) is 3.00. The van der Waals surface area contributed by atoms with Gasteiger partial charge in [0.05, 0.1) is 0 Å². The van der Waals surface area contributed by atoms with Crippen LogP contribution in [-0.2, 0) is 40.4 Å². The van der Waals surface area contributed by atoms with Crippen molar-refractivity contribution < 1.29 is 29.0 Å². The van der Waals surface area contributed by atoms with Crippen LogP contribution in [0, 0.1) is 0 Å². The van der Waals surface area contributed by atoms with E-state index < -0.39 is 30.1 Å². The molecule has 2 atom stereocenters. The molecule has 41 heavy (non-hydrogen) atoms. The van der Waals surface area contributed by atoms with E-state index in [1.807, 2.05) is 91.0 Å². The number of carbonyl (C=O) groups excluding carboxylic acids is 2. The Morgan fingerprint density at radius 3 is 1.63 bits per heavy atom. The van der Waals surface area contributed by atoms with Crippen molar-refractivity contribution in [3.63, 3.8) is 0 Å². The molecule has 4 aromatic carbocycles. The van der Waals surface area contributed by atoms with Crippen LogP contribution in [0.5, 0.6) is 5.75 Å². The molecule has 0 bridgehead atoms. The second-order valence-corrected chi connectivity index (χ2v) is 9.47. The van der Waals surface area contributed by atoms with Gasteiger partial charge in [-0.2, -0.15) is 0 Å². The summed E-state index contributed by atoms with van der Waals surface area (Å²) in [5, 5.41) is 15.0. The number of benzene rings is 4. The first-order chi connectivity index (χ1) is 20.0. The highest BCUT2D eigenvalue weighted by atomic mass is 16.5. The summed E-state index contributed by atoms with van der Waals surface area (Å²) in [7, 11) is 0. The van der Waals surface area contributed by atoms with E-state index in [4.69, 9.17) is 9.47 Å². The number of carboxylic acid groups (broad SMARTS) is 1. The lowest BCUT2D eigenvalue weighted by Crippen LogP contribution is -2.53. The molecule has 0 radical (unpaired) electrons. The molecule has 0 fully saturated rings. The average molecular weight is 553 g/mol. The van der Waals surface area contributed by atoms with E-state index in [0.717, 1.165) is 16.7 Å². The van der Waals surface area contributed by atoms with Gasteiger partial charge in [-0.05, 0) is 34.4 Å². The minimum absolute atomic E-state index is 0.0369. The van der Waals surface area contributed by atoms with Gasteiger partial charge in [-0.25, -0.2) is 9.59 Å². The molecular weight excluding hydrogens is 520 g/mol. The fourth-order valence-electron chi connectivity index (χ4n) is 4.14. The number of amides is 2. The lowest BCUT2D eigenvalue weighted by Gasteiger charge is -2.22. The summed E-state index contributed by atoms with van der Waals surface area (Å²) < 4.78 is 11.1. The predicted molar refractivity (Wildman–Crippen MR) is 154 cm³/mol. The van der Waals surface area contributed by atoms with E-state index in [1.165, 1.54) is 0 Å². The van der Waals surface area contributed by atoms with Crippen molar-refractivity contribution in [3.05, 3.63) is 138 Å². The fraction of sp³-hybridized carbons (Fsp3) is 0.182. The zero-order valence-electron chi connectivity index (χ0n) is 22.4. The first-order valence-electron chi connectivity index (χ1n) is 13.3. The monoisotopic (exact) mass is 552 g/mol. The van der Waals surface area contributed by atoms with Crippen molar-refractivity contribution in [2.75, 3.05) is 0 Å². The summed E-state index contributed by atoms with van der Waals surface area (Å²) in [5.74, 6) is -1.16. The molecule has 0 spiro atoms. The fourth-order valence-corrected chi connectivity index (χ4v) is 4.14. The number of carboxylic acids is 1. The minimum Gasteiger partial charge on any atom is -0.489 e.